The van der Waals surface area contributed by atoms with E-state index in [4.69, 9.17) is 62.7 Å². The van der Waals surface area contributed by atoms with E-state index >= 15 is 0 Å². The Labute approximate surface area is 188 Å². The first-order chi connectivity index (χ1) is 13.3. The maximum atomic E-state index is 6.35. The van der Waals surface area contributed by atoms with Gasteiger partial charge in [0.05, 0.1) is 15.7 Å². The second kappa shape index (κ2) is 9.39. The molecule has 0 saturated carbocycles. The number of aryl methyl sites for hydroxylation is 1. The zero-order chi connectivity index (χ0) is 20.3. The number of hydrogen-bond donors (Lipinski definition) is 0. The summed E-state index contributed by atoms with van der Waals surface area (Å²) in [7, 11) is 0. The largest absolute Gasteiger partial charge is 0.486 e. The maximum Gasteiger partial charge on any atom is 0.157 e. The standard InChI is InChI=1S/C21H14Cl5NO/c1-12-2-5-16(9-17(12)23)27-10-13-6-19(25)21(20(26)7-13)28-11-14-3-4-15(22)8-18(14)24/h2-10H,11H2,1H3. The van der Waals surface area contributed by atoms with E-state index in [0.717, 1.165) is 22.4 Å². The van der Waals surface area contributed by atoms with Crippen LogP contribution in [0, 0.1) is 6.92 Å². The number of aliphatic imine (C=N–C) groups is 1. The quantitative estimate of drug-likeness (QED) is 0.340. The maximum absolute atomic E-state index is 6.35. The van der Waals surface area contributed by atoms with Crippen molar-refractivity contribution in [1.29, 1.82) is 0 Å². The summed E-state index contributed by atoms with van der Waals surface area (Å²) in [5.74, 6) is 0.380. The molecule has 0 spiro atoms. The molecule has 0 bridgehead atoms. The molecule has 0 aliphatic heterocycles. The van der Waals surface area contributed by atoms with Gasteiger partial charge in [0, 0.05) is 26.8 Å². The molecule has 0 atom stereocenters. The number of nitrogens with zero attached hydrogens (tertiary/aromatic N) is 1. The third-order valence-corrected chi connectivity index (χ3v) is 5.48. The zero-order valence-corrected chi connectivity index (χ0v) is 18.4. The minimum Gasteiger partial charge on any atom is -0.486 e. The van der Waals surface area contributed by atoms with Gasteiger partial charge < -0.3 is 4.74 Å². The third-order valence-electron chi connectivity index (χ3n) is 3.93. The predicted molar refractivity (Wildman–Crippen MR) is 121 cm³/mol. The van der Waals surface area contributed by atoms with Gasteiger partial charge in [0.2, 0.25) is 0 Å². The fourth-order valence-electron chi connectivity index (χ4n) is 2.39. The average molecular weight is 474 g/mol. The van der Waals surface area contributed by atoms with Gasteiger partial charge in [-0.05, 0) is 54.4 Å². The van der Waals surface area contributed by atoms with Crippen LogP contribution in [0.25, 0.3) is 0 Å². The second-order valence-electron chi connectivity index (χ2n) is 6.03. The molecule has 3 aromatic rings. The van der Waals surface area contributed by atoms with Crippen LogP contribution in [0.5, 0.6) is 5.75 Å². The van der Waals surface area contributed by atoms with Crippen molar-refractivity contribution >= 4 is 69.9 Å². The first kappa shape index (κ1) is 21.3. The molecule has 2 nitrogen and oxygen atoms in total. The van der Waals surface area contributed by atoms with Crippen molar-refractivity contribution in [2.24, 2.45) is 4.99 Å². The molecular weight excluding hydrogens is 460 g/mol. The molecule has 0 N–H and O–H groups in total. The van der Waals surface area contributed by atoms with Crippen LogP contribution in [-0.4, -0.2) is 6.21 Å². The molecule has 0 heterocycles. The summed E-state index contributed by atoms with van der Waals surface area (Å²) >= 11 is 30.9. The number of halogens is 5. The fraction of sp³-hybridized carbons (Fsp3) is 0.0952. The lowest BCUT2D eigenvalue weighted by molar-refractivity contribution is 0.306. The third kappa shape index (κ3) is 5.34. The van der Waals surface area contributed by atoms with Crippen LogP contribution in [0.2, 0.25) is 25.1 Å². The molecule has 3 aromatic carbocycles. The zero-order valence-electron chi connectivity index (χ0n) is 14.6. The van der Waals surface area contributed by atoms with E-state index in [1.54, 1.807) is 42.6 Å². The number of benzene rings is 3. The Morgan fingerprint density at radius 3 is 2.18 bits per heavy atom. The summed E-state index contributed by atoms with van der Waals surface area (Å²) < 4.78 is 5.77. The molecule has 3 rings (SSSR count). The smallest absolute Gasteiger partial charge is 0.157 e. The van der Waals surface area contributed by atoms with Crippen LogP contribution in [0.4, 0.5) is 5.69 Å². The minimum atomic E-state index is 0.213. The van der Waals surface area contributed by atoms with E-state index in [0.29, 0.717) is 30.9 Å². The lowest BCUT2D eigenvalue weighted by Gasteiger charge is -2.12. The molecule has 0 aliphatic carbocycles. The van der Waals surface area contributed by atoms with Crippen LogP contribution < -0.4 is 4.74 Å². The summed E-state index contributed by atoms with van der Waals surface area (Å²) in [5.41, 5.74) is 3.25. The van der Waals surface area contributed by atoms with Gasteiger partial charge in [0.15, 0.2) is 5.75 Å². The molecule has 28 heavy (non-hydrogen) atoms. The normalized spacial score (nSPS) is 11.2. The van der Waals surface area contributed by atoms with Gasteiger partial charge in [-0.2, -0.15) is 0 Å². The predicted octanol–water partition coefficient (Wildman–Crippen LogP) is 8.59. The van der Waals surface area contributed by atoms with Crippen LogP contribution in [0.1, 0.15) is 16.7 Å². The van der Waals surface area contributed by atoms with E-state index in [-0.39, 0.29) is 6.61 Å². The molecule has 0 fully saturated rings. The van der Waals surface area contributed by atoms with Crippen molar-refractivity contribution in [3.05, 3.63) is 90.3 Å². The molecule has 0 aromatic heterocycles. The van der Waals surface area contributed by atoms with Crippen molar-refractivity contribution < 1.29 is 4.74 Å². The van der Waals surface area contributed by atoms with Crippen molar-refractivity contribution in [2.75, 3.05) is 0 Å². The molecule has 0 aliphatic rings. The van der Waals surface area contributed by atoms with E-state index in [1.165, 1.54) is 0 Å². The lowest BCUT2D eigenvalue weighted by Crippen LogP contribution is -1.98. The van der Waals surface area contributed by atoms with Gasteiger partial charge in [-0.1, -0.05) is 70.1 Å². The first-order valence-electron chi connectivity index (χ1n) is 8.19. The number of ether oxygens (including phenoxy) is 1. The van der Waals surface area contributed by atoms with Gasteiger partial charge >= 0.3 is 0 Å². The lowest BCUT2D eigenvalue weighted by atomic mass is 10.2. The molecule has 0 amide bonds. The highest BCUT2D eigenvalue weighted by Crippen LogP contribution is 2.35. The fourth-order valence-corrected chi connectivity index (χ4v) is 3.64. The van der Waals surface area contributed by atoms with Crippen LogP contribution in [0.3, 0.4) is 0 Å². The summed E-state index contributed by atoms with van der Waals surface area (Å²) in [6.07, 6.45) is 1.67. The SMILES string of the molecule is Cc1ccc(N=Cc2cc(Cl)c(OCc3ccc(Cl)cc3Cl)c(Cl)c2)cc1Cl. The van der Waals surface area contributed by atoms with Crippen molar-refractivity contribution in [2.45, 2.75) is 13.5 Å². The molecular formula is C21H14Cl5NO. The van der Waals surface area contributed by atoms with Gasteiger partial charge in [-0.25, -0.2) is 0 Å². The molecule has 0 unspecified atom stereocenters. The highest BCUT2D eigenvalue weighted by atomic mass is 35.5. The highest BCUT2D eigenvalue weighted by molar-refractivity contribution is 6.37. The van der Waals surface area contributed by atoms with Gasteiger partial charge in [-0.15, -0.1) is 0 Å². The van der Waals surface area contributed by atoms with Crippen molar-refractivity contribution in [3.63, 3.8) is 0 Å². The molecule has 0 saturated heterocycles. The average Bonchev–Trinajstić information content (AvgIpc) is 2.63. The monoisotopic (exact) mass is 471 g/mol. The number of rotatable bonds is 5. The van der Waals surface area contributed by atoms with E-state index in [1.807, 2.05) is 19.1 Å². The van der Waals surface area contributed by atoms with Crippen LogP contribution in [0.15, 0.2) is 53.5 Å². The Morgan fingerprint density at radius 1 is 0.821 bits per heavy atom. The summed E-state index contributed by atoms with van der Waals surface area (Å²) in [4.78, 5) is 4.41. The van der Waals surface area contributed by atoms with Gasteiger partial charge in [0.25, 0.3) is 0 Å². The summed E-state index contributed by atoms with van der Waals surface area (Å²) in [6.45, 7) is 2.15. The van der Waals surface area contributed by atoms with E-state index < -0.39 is 0 Å². The molecule has 144 valence electrons. The Bertz CT molecular complexity index is 1030. The first-order valence-corrected chi connectivity index (χ1v) is 10.1. The van der Waals surface area contributed by atoms with Gasteiger partial charge in [0.1, 0.15) is 6.61 Å². The summed E-state index contributed by atoms with van der Waals surface area (Å²) in [5, 5.41) is 2.49. The number of hydrogen-bond acceptors (Lipinski definition) is 2. The Morgan fingerprint density at radius 2 is 1.54 bits per heavy atom. The van der Waals surface area contributed by atoms with Crippen molar-refractivity contribution in [3.8, 4) is 5.75 Å². The van der Waals surface area contributed by atoms with Crippen molar-refractivity contribution in [1.82, 2.24) is 0 Å². The van der Waals surface area contributed by atoms with Gasteiger partial charge in [-0.3, -0.25) is 4.99 Å². The Hall–Kier alpha value is -1.42. The Kier molecular flexibility index (Phi) is 7.14. The van der Waals surface area contributed by atoms with E-state index in [9.17, 15) is 0 Å². The summed E-state index contributed by atoms with van der Waals surface area (Å²) in [6, 6.07) is 14.2. The minimum absolute atomic E-state index is 0.213. The topological polar surface area (TPSA) is 21.6 Å². The molecule has 0 radical (unpaired) electrons. The Balaban J connectivity index is 1.76. The van der Waals surface area contributed by atoms with Crippen LogP contribution in [-0.2, 0) is 6.61 Å². The van der Waals surface area contributed by atoms with Crippen LogP contribution >= 0.6 is 58.0 Å². The van der Waals surface area contributed by atoms with E-state index in [2.05, 4.69) is 4.99 Å². The highest BCUT2D eigenvalue weighted by Gasteiger charge is 2.11. The second-order valence-corrected chi connectivity index (χ2v) is 8.10. The molecule has 7 heteroatoms.